The number of benzene rings is 2. The average Bonchev–Trinajstić information content (AvgIpc) is 2.50. The minimum absolute atomic E-state index is 0.181. The highest BCUT2D eigenvalue weighted by Gasteiger charge is 2.10. The van der Waals surface area contributed by atoms with Crippen LogP contribution in [0, 0.1) is 6.92 Å². The number of fused-ring (bicyclic) bond motifs is 1. The standard InChI is InChI=1S/C16H13BrN2O2/c1-10-16(20)19-13-7-11(9-17)8-14(15(13)18-10)21-12-5-3-2-4-6-12/h2-8H,9H2,1H3,(H,19,20). The molecule has 0 saturated heterocycles. The first-order chi connectivity index (χ1) is 10.2. The van der Waals surface area contributed by atoms with Crippen LogP contribution in [0.1, 0.15) is 11.3 Å². The van der Waals surface area contributed by atoms with Gasteiger partial charge in [-0.3, -0.25) is 4.79 Å². The molecule has 5 heteroatoms. The van der Waals surface area contributed by atoms with Crippen molar-refractivity contribution in [1.82, 2.24) is 9.97 Å². The van der Waals surface area contributed by atoms with Crippen LogP contribution in [0.3, 0.4) is 0 Å². The van der Waals surface area contributed by atoms with Gasteiger partial charge < -0.3 is 9.72 Å². The molecule has 0 amide bonds. The molecule has 106 valence electrons. The van der Waals surface area contributed by atoms with Crippen molar-refractivity contribution in [2.45, 2.75) is 12.3 Å². The van der Waals surface area contributed by atoms with E-state index in [4.69, 9.17) is 4.74 Å². The van der Waals surface area contributed by atoms with Gasteiger partial charge in [-0.25, -0.2) is 4.98 Å². The van der Waals surface area contributed by atoms with Gasteiger partial charge in [-0.15, -0.1) is 0 Å². The molecule has 0 unspecified atom stereocenters. The predicted octanol–water partition coefficient (Wildman–Crippen LogP) is 3.92. The number of aromatic nitrogens is 2. The summed E-state index contributed by atoms with van der Waals surface area (Å²) in [6.07, 6.45) is 0. The van der Waals surface area contributed by atoms with Crippen LogP contribution < -0.4 is 10.3 Å². The van der Waals surface area contributed by atoms with Gasteiger partial charge in [0, 0.05) is 5.33 Å². The monoisotopic (exact) mass is 344 g/mol. The summed E-state index contributed by atoms with van der Waals surface area (Å²) in [5, 5.41) is 0.671. The van der Waals surface area contributed by atoms with E-state index in [2.05, 4.69) is 25.9 Å². The molecule has 4 nitrogen and oxygen atoms in total. The minimum atomic E-state index is -0.181. The van der Waals surface area contributed by atoms with Crippen molar-refractivity contribution in [3.05, 3.63) is 64.1 Å². The minimum Gasteiger partial charge on any atom is -0.455 e. The molecule has 0 aliphatic heterocycles. The Kier molecular flexibility index (Phi) is 3.75. The molecule has 0 aliphatic carbocycles. The Morgan fingerprint density at radius 1 is 1.24 bits per heavy atom. The van der Waals surface area contributed by atoms with Crippen molar-refractivity contribution in [2.24, 2.45) is 0 Å². The van der Waals surface area contributed by atoms with Crippen molar-refractivity contribution in [3.63, 3.8) is 0 Å². The van der Waals surface area contributed by atoms with Crippen LogP contribution in [0.15, 0.2) is 47.3 Å². The lowest BCUT2D eigenvalue weighted by Crippen LogP contribution is -2.12. The number of nitrogens with zero attached hydrogens (tertiary/aromatic N) is 1. The lowest BCUT2D eigenvalue weighted by Gasteiger charge is -2.10. The molecule has 0 atom stereocenters. The number of alkyl halides is 1. The van der Waals surface area contributed by atoms with Gasteiger partial charge in [-0.05, 0) is 36.8 Å². The molecule has 3 aromatic rings. The Morgan fingerprint density at radius 2 is 2.00 bits per heavy atom. The molecule has 2 aromatic carbocycles. The van der Waals surface area contributed by atoms with E-state index in [0.29, 0.717) is 27.8 Å². The van der Waals surface area contributed by atoms with Gasteiger partial charge in [0.2, 0.25) is 0 Å². The number of hydrogen-bond acceptors (Lipinski definition) is 3. The first-order valence-corrected chi connectivity index (χ1v) is 7.62. The number of para-hydroxylation sites is 1. The van der Waals surface area contributed by atoms with E-state index in [1.54, 1.807) is 6.92 Å². The molecular formula is C16H13BrN2O2. The van der Waals surface area contributed by atoms with Crippen LogP contribution in [0.25, 0.3) is 11.0 Å². The zero-order chi connectivity index (χ0) is 14.8. The summed E-state index contributed by atoms with van der Waals surface area (Å²) < 4.78 is 5.92. The number of aromatic amines is 1. The number of nitrogens with one attached hydrogen (secondary N) is 1. The van der Waals surface area contributed by atoms with Crippen LogP contribution >= 0.6 is 15.9 Å². The number of hydrogen-bond donors (Lipinski definition) is 1. The van der Waals surface area contributed by atoms with E-state index in [0.717, 1.165) is 11.3 Å². The van der Waals surface area contributed by atoms with E-state index in [1.165, 1.54) is 0 Å². The Morgan fingerprint density at radius 3 is 2.71 bits per heavy atom. The number of rotatable bonds is 3. The first kappa shape index (κ1) is 13.8. The van der Waals surface area contributed by atoms with Gasteiger partial charge in [0.1, 0.15) is 17.0 Å². The number of aryl methyl sites for hydroxylation is 1. The smallest absolute Gasteiger partial charge is 0.269 e. The fourth-order valence-corrected chi connectivity index (χ4v) is 2.40. The Bertz CT molecular complexity index is 844. The summed E-state index contributed by atoms with van der Waals surface area (Å²) in [7, 11) is 0. The Balaban J connectivity index is 2.19. The Labute approximate surface area is 129 Å². The van der Waals surface area contributed by atoms with E-state index in [1.807, 2.05) is 42.5 Å². The third-order valence-corrected chi connectivity index (χ3v) is 3.76. The lowest BCUT2D eigenvalue weighted by atomic mass is 10.2. The highest BCUT2D eigenvalue weighted by Crippen LogP contribution is 2.29. The van der Waals surface area contributed by atoms with Gasteiger partial charge in [0.05, 0.1) is 5.52 Å². The molecule has 0 spiro atoms. The number of ether oxygens (including phenoxy) is 1. The molecule has 1 heterocycles. The van der Waals surface area contributed by atoms with Gasteiger partial charge in [0.25, 0.3) is 5.56 Å². The summed E-state index contributed by atoms with van der Waals surface area (Å²) in [6, 6.07) is 13.3. The molecule has 1 N–H and O–H groups in total. The molecule has 1 aromatic heterocycles. The topological polar surface area (TPSA) is 55.0 Å². The zero-order valence-electron chi connectivity index (χ0n) is 11.4. The van der Waals surface area contributed by atoms with Crippen LogP contribution in [-0.4, -0.2) is 9.97 Å². The molecule has 0 bridgehead atoms. The van der Waals surface area contributed by atoms with E-state index in [-0.39, 0.29) is 5.56 Å². The van der Waals surface area contributed by atoms with Crippen molar-refractivity contribution >= 4 is 27.0 Å². The SMILES string of the molecule is Cc1nc2c(Oc3ccccc3)cc(CBr)cc2[nH]c1=O. The van der Waals surface area contributed by atoms with Crippen molar-refractivity contribution in [2.75, 3.05) is 0 Å². The molecule has 0 saturated carbocycles. The highest BCUT2D eigenvalue weighted by molar-refractivity contribution is 9.08. The maximum atomic E-state index is 11.7. The molecule has 0 fully saturated rings. The van der Waals surface area contributed by atoms with Gasteiger partial charge in [-0.1, -0.05) is 34.1 Å². The predicted molar refractivity (Wildman–Crippen MR) is 86.2 cm³/mol. The second-order valence-corrected chi connectivity index (χ2v) is 5.25. The third kappa shape index (κ3) is 2.83. The van der Waals surface area contributed by atoms with Gasteiger partial charge >= 0.3 is 0 Å². The van der Waals surface area contributed by atoms with E-state index >= 15 is 0 Å². The summed E-state index contributed by atoms with van der Waals surface area (Å²) in [5.41, 5.74) is 2.58. The number of halogens is 1. The number of H-pyrrole nitrogens is 1. The van der Waals surface area contributed by atoms with Crippen LogP contribution in [0.4, 0.5) is 0 Å². The maximum Gasteiger partial charge on any atom is 0.269 e. The van der Waals surface area contributed by atoms with Crippen molar-refractivity contribution in [1.29, 1.82) is 0 Å². The van der Waals surface area contributed by atoms with Gasteiger partial charge in [0.15, 0.2) is 5.75 Å². The van der Waals surface area contributed by atoms with E-state index in [9.17, 15) is 4.79 Å². The van der Waals surface area contributed by atoms with Crippen molar-refractivity contribution < 1.29 is 4.74 Å². The average molecular weight is 345 g/mol. The normalized spacial score (nSPS) is 10.8. The second kappa shape index (κ2) is 5.69. The fourth-order valence-electron chi connectivity index (χ4n) is 2.08. The molecule has 21 heavy (non-hydrogen) atoms. The van der Waals surface area contributed by atoms with E-state index < -0.39 is 0 Å². The van der Waals surface area contributed by atoms with Crippen molar-refractivity contribution in [3.8, 4) is 11.5 Å². The second-order valence-electron chi connectivity index (χ2n) is 4.69. The summed E-state index contributed by atoms with van der Waals surface area (Å²) in [5.74, 6) is 1.36. The van der Waals surface area contributed by atoms with Crippen LogP contribution in [-0.2, 0) is 5.33 Å². The van der Waals surface area contributed by atoms with Gasteiger partial charge in [-0.2, -0.15) is 0 Å². The summed E-state index contributed by atoms with van der Waals surface area (Å²) in [4.78, 5) is 18.9. The lowest BCUT2D eigenvalue weighted by molar-refractivity contribution is 0.486. The third-order valence-electron chi connectivity index (χ3n) is 3.12. The maximum absolute atomic E-state index is 11.7. The quantitative estimate of drug-likeness (QED) is 0.732. The molecular weight excluding hydrogens is 332 g/mol. The summed E-state index contributed by atoms with van der Waals surface area (Å²) >= 11 is 3.43. The first-order valence-electron chi connectivity index (χ1n) is 6.50. The molecule has 0 radical (unpaired) electrons. The van der Waals surface area contributed by atoms with Crippen LogP contribution in [0.5, 0.6) is 11.5 Å². The Hall–Kier alpha value is -2.14. The largest absolute Gasteiger partial charge is 0.455 e. The molecule has 3 rings (SSSR count). The van der Waals surface area contributed by atoms with Crippen LogP contribution in [0.2, 0.25) is 0 Å². The highest BCUT2D eigenvalue weighted by atomic mass is 79.9. The zero-order valence-corrected chi connectivity index (χ0v) is 13.0. The fraction of sp³-hybridized carbons (Fsp3) is 0.125. The molecule has 0 aliphatic rings. The summed E-state index contributed by atoms with van der Waals surface area (Å²) in [6.45, 7) is 1.68.